The highest BCUT2D eigenvalue weighted by atomic mass is 32.2. The van der Waals surface area contributed by atoms with Crippen LogP contribution in [0.25, 0.3) is 10.7 Å². The van der Waals surface area contributed by atoms with Crippen molar-refractivity contribution in [3.8, 4) is 10.7 Å². The van der Waals surface area contributed by atoms with Gasteiger partial charge in [-0.3, -0.25) is 4.57 Å². The molecule has 2 heterocycles. The third kappa shape index (κ3) is 3.25. The zero-order valence-corrected chi connectivity index (χ0v) is 14.6. The Morgan fingerprint density at radius 1 is 1.14 bits per heavy atom. The van der Waals surface area contributed by atoms with Crippen LogP contribution in [0, 0.1) is 6.92 Å². The van der Waals surface area contributed by atoms with E-state index in [2.05, 4.69) is 77.3 Å². The Hall–Kier alpha value is -1.59. The maximum absolute atomic E-state index is 4.41. The van der Waals surface area contributed by atoms with Crippen LogP contribution in [-0.2, 0) is 5.75 Å². The van der Waals surface area contributed by atoms with E-state index in [1.807, 2.05) is 0 Å². The molecular formula is C17H19N3S2. The van der Waals surface area contributed by atoms with E-state index in [0.717, 1.165) is 16.7 Å². The van der Waals surface area contributed by atoms with Crippen LogP contribution in [0.4, 0.5) is 0 Å². The van der Waals surface area contributed by atoms with Gasteiger partial charge in [-0.2, -0.15) is 0 Å². The number of hydrogen-bond acceptors (Lipinski definition) is 4. The average Bonchev–Trinajstić information content (AvgIpc) is 3.15. The largest absolute Gasteiger partial charge is 0.299 e. The lowest BCUT2D eigenvalue weighted by Crippen LogP contribution is -2.04. The van der Waals surface area contributed by atoms with Gasteiger partial charge in [0.1, 0.15) is 0 Å². The van der Waals surface area contributed by atoms with E-state index in [-0.39, 0.29) is 0 Å². The SMILES string of the molecule is Cc1ccc(CSc2nnc(-c3cccs3)n2C(C)C)cc1. The van der Waals surface area contributed by atoms with Crippen molar-refractivity contribution in [1.82, 2.24) is 14.8 Å². The molecule has 1 aromatic carbocycles. The number of aromatic nitrogens is 3. The van der Waals surface area contributed by atoms with Crippen molar-refractivity contribution in [2.24, 2.45) is 0 Å². The summed E-state index contributed by atoms with van der Waals surface area (Å²) in [6, 6.07) is 13.2. The highest BCUT2D eigenvalue weighted by Gasteiger charge is 2.17. The zero-order valence-electron chi connectivity index (χ0n) is 13.0. The van der Waals surface area contributed by atoms with Crippen LogP contribution in [0.2, 0.25) is 0 Å². The van der Waals surface area contributed by atoms with E-state index in [9.17, 15) is 0 Å². The summed E-state index contributed by atoms with van der Waals surface area (Å²) < 4.78 is 2.23. The molecule has 0 N–H and O–H groups in total. The van der Waals surface area contributed by atoms with Crippen molar-refractivity contribution in [2.75, 3.05) is 0 Å². The molecular weight excluding hydrogens is 310 g/mol. The molecule has 3 nitrogen and oxygen atoms in total. The van der Waals surface area contributed by atoms with Gasteiger partial charge in [0.05, 0.1) is 4.88 Å². The molecule has 0 aliphatic heterocycles. The first kappa shape index (κ1) is 15.3. The first-order valence-corrected chi connectivity index (χ1v) is 9.19. The van der Waals surface area contributed by atoms with Gasteiger partial charge in [0.15, 0.2) is 11.0 Å². The fraction of sp³-hybridized carbons (Fsp3) is 0.294. The van der Waals surface area contributed by atoms with Crippen molar-refractivity contribution in [2.45, 2.75) is 37.7 Å². The van der Waals surface area contributed by atoms with Gasteiger partial charge in [-0.1, -0.05) is 47.7 Å². The minimum absolute atomic E-state index is 0.340. The monoisotopic (exact) mass is 329 g/mol. The Labute approximate surface area is 139 Å². The van der Waals surface area contributed by atoms with Crippen molar-refractivity contribution in [3.63, 3.8) is 0 Å². The van der Waals surface area contributed by atoms with Gasteiger partial charge in [-0.25, -0.2) is 0 Å². The fourth-order valence-corrected chi connectivity index (χ4v) is 3.98. The minimum Gasteiger partial charge on any atom is -0.299 e. The number of thioether (sulfide) groups is 1. The maximum Gasteiger partial charge on any atom is 0.192 e. The lowest BCUT2D eigenvalue weighted by atomic mass is 10.2. The van der Waals surface area contributed by atoms with E-state index >= 15 is 0 Å². The third-order valence-electron chi connectivity index (χ3n) is 3.41. The highest BCUT2D eigenvalue weighted by molar-refractivity contribution is 7.98. The summed E-state index contributed by atoms with van der Waals surface area (Å²) in [5.74, 6) is 1.88. The van der Waals surface area contributed by atoms with Gasteiger partial charge in [0.25, 0.3) is 0 Å². The molecule has 0 radical (unpaired) electrons. The van der Waals surface area contributed by atoms with Crippen LogP contribution >= 0.6 is 23.1 Å². The quantitative estimate of drug-likeness (QED) is 0.604. The summed E-state index contributed by atoms with van der Waals surface area (Å²) in [6.07, 6.45) is 0. The second-order valence-corrected chi connectivity index (χ2v) is 7.41. The molecule has 0 saturated carbocycles. The Bertz CT molecular complexity index is 728. The first-order valence-electron chi connectivity index (χ1n) is 7.32. The highest BCUT2D eigenvalue weighted by Crippen LogP contribution is 2.31. The molecule has 0 saturated heterocycles. The van der Waals surface area contributed by atoms with Crippen LogP contribution < -0.4 is 0 Å². The van der Waals surface area contributed by atoms with Crippen LogP contribution in [0.15, 0.2) is 46.9 Å². The molecule has 5 heteroatoms. The van der Waals surface area contributed by atoms with Crippen molar-refractivity contribution in [1.29, 1.82) is 0 Å². The summed E-state index contributed by atoms with van der Waals surface area (Å²) in [5, 5.41) is 11.9. The Morgan fingerprint density at radius 3 is 2.55 bits per heavy atom. The zero-order chi connectivity index (χ0) is 15.5. The average molecular weight is 329 g/mol. The molecule has 3 rings (SSSR count). The number of hydrogen-bond donors (Lipinski definition) is 0. The topological polar surface area (TPSA) is 30.7 Å². The van der Waals surface area contributed by atoms with Crippen molar-refractivity contribution < 1.29 is 0 Å². The lowest BCUT2D eigenvalue weighted by molar-refractivity contribution is 0.555. The molecule has 114 valence electrons. The predicted molar refractivity (Wildman–Crippen MR) is 94.5 cm³/mol. The third-order valence-corrected chi connectivity index (χ3v) is 5.29. The summed E-state index contributed by atoms with van der Waals surface area (Å²) in [4.78, 5) is 1.17. The second-order valence-electron chi connectivity index (χ2n) is 5.52. The number of nitrogens with zero attached hydrogens (tertiary/aromatic N) is 3. The van der Waals surface area contributed by atoms with Crippen molar-refractivity contribution in [3.05, 3.63) is 52.9 Å². The summed E-state index contributed by atoms with van der Waals surface area (Å²) >= 11 is 3.45. The molecule has 0 amide bonds. The summed E-state index contributed by atoms with van der Waals surface area (Å²) in [6.45, 7) is 6.46. The Kier molecular flexibility index (Phi) is 4.64. The van der Waals surface area contributed by atoms with Crippen LogP contribution in [0.3, 0.4) is 0 Å². The molecule has 3 aromatic rings. The predicted octanol–water partition coefficient (Wildman–Crippen LogP) is 5.19. The van der Waals surface area contributed by atoms with E-state index in [1.54, 1.807) is 23.1 Å². The number of thiophene rings is 1. The standard InChI is InChI=1S/C17H19N3S2/c1-12(2)20-16(15-5-4-10-21-15)18-19-17(20)22-11-14-8-6-13(3)7-9-14/h4-10,12H,11H2,1-3H3. The van der Waals surface area contributed by atoms with Crippen molar-refractivity contribution >= 4 is 23.1 Å². The summed E-state index contributed by atoms with van der Waals surface area (Å²) in [5.41, 5.74) is 2.60. The van der Waals surface area contributed by atoms with E-state index in [4.69, 9.17) is 0 Å². The van der Waals surface area contributed by atoms with Gasteiger partial charge in [-0.05, 0) is 37.8 Å². The second kappa shape index (κ2) is 6.67. The molecule has 2 aromatic heterocycles. The number of benzene rings is 1. The Balaban J connectivity index is 1.83. The molecule has 0 unspecified atom stereocenters. The molecule has 0 spiro atoms. The van der Waals surface area contributed by atoms with Gasteiger partial charge < -0.3 is 0 Å². The van der Waals surface area contributed by atoms with E-state index in [1.165, 1.54) is 16.0 Å². The maximum atomic E-state index is 4.41. The molecule has 0 bridgehead atoms. The normalized spacial score (nSPS) is 11.3. The molecule has 0 atom stereocenters. The lowest BCUT2D eigenvalue weighted by Gasteiger charge is -2.13. The minimum atomic E-state index is 0.340. The number of aryl methyl sites for hydroxylation is 1. The number of rotatable bonds is 5. The fourth-order valence-electron chi connectivity index (χ4n) is 2.25. The van der Waals surface area contributed by atoms with Crippen LogP contribution in [0.1, 0.15) is 31.0 Å². The van der Waals surface area contributed by atoms with Gasteiger partial charge >= 0.3 is 0 Å². The van der Waals surface area contributed by atoms with Gasteiger partial charge in [0, 0.05) is 11.8 Å². The van der Waals surface area contributed by atoms with Crippen LogP contribution in [0.5, 0.6) is 0 Å². The van der Waals surface area contributed by atoms with Crippen LogP contribution in [-0.4, -0.2) is 14.8 Å². The van der Waals surface area contributed by atoms with E-state index in [0.29, 0.717) is 6.04 Å². The molecule has 22 heavy (non-hydrogen) atoms. The molecule has 0 aliphatic carbocycles. The molecule has 0 fully saturated rings. The van der Waals surface area contributed by atoms with E-state index < -0.39 is 0 Å². The van der Waals surface area contributed by atoms with Gasteiger partial charge in [-0.15, -0.1) is 21.5 Å². The Morgan fingerprint density at radius 2 is 1.91 bits per heavy atom. The molecule has 0 aliphatic rings. The van der Waals surface area contributed by atoms with Gasteiger partial charge in [0.2, 0.25) is 0 Å². The summed E-state index contributed by atoms with van der Waals surface area (Å²) in [7, 11) is 0. The smallest absolute Gasteiger partial charge is 0.192 e. The first-order chi connectivity index (χ1) is 10.6.